The Morgan fingerprint density at radius 1 is 1.50 bits per heavy atom. The van der Waals surface area contributed by atoms with Crippen LogP contribution in [0.4, 0.5) is 0 Å². The van der Waals surface area contributed by atoms with Crippen molar-refractivity contribution >= 4 is 5.97 Å². The molecule has 18 heavy (non-hydrogen) atoms. The summed E-state index contributed by atoms with van der Waals surface area (Å²) in [7, 11) is 0. The molecule has 0 spiro atoms. The fourth-order valence-electron chi connectivity index (χ4n) is 1.48. The van der Waals surface area contributed by atoms with Crippen LogP contribution < -0.4 is 0 Å². The second kappa shape index (κ2) is 5.46. The van der Waals surface area contributed by atoms with E-state index in [0.29, 0.717) is 30.6 Å². The summed E-state index contributed by atoms with van der Waals surface area (Å²) in [4.78, 5) is 12.3. The lowest BCUT2D eigenvalue weighted by Crippen LogP contribution is -2.29. The van der Waals surface area contributed by atoms with Crippen molar-refractivity contribution < 1.29 is 18.7 Å². The number of nitrogens with zero attached hydrogens (tertiary/aromatic N) is 3. The van der Waals surface area contributed by atoms with Crippen LogP contribution in [0.15, 0.2) is 27.2 Å². The van der Waals surface area contributed by atoms with E-state index in [1.54, 1.807) is 17.0 Å². The van der Waals surface area contributed by atoms with Gasteiger partial charge in [0, 0.05) is 0 Å². The van der Waals surface area contributed by atoms with Gasteiger partial charge in [-0.25, -0.2) is 0 Å². The largest absolute Gasteiger partial charge is 0.480 e. The van der Waals surface area contributed by atoms with Crippen LogP contribution >= 0.6 is 0 Å². The van der Waals surface area contributed by atoms with Crippen LogP contribution in [0.1, 0.15) is 12.8 Å². The van der Waals surface area contributed by atoms with Crippen LogP contribution in [0.2, 0.25) is 0 Å². The minimum Gasteiger partial charge on any atom is -0.480 e. The van der Waals surface area contributed by atoms with Crippen molar-refractivity contribution in [1.29, 1.82) is 0 Å². The highest BCUT2D eigenvalue weighted by Crippen LogP contribution is 2.18. The Morgan fingerprint density at radius 3 is 2.94 bits per heavy atom. The van der Waals surface area contributed by atoms with Crippen LogP contribution in [0.5, 0.6) is 0 Å². The zero-order chi connectivity index (χ0) is 13.0. The SMILES string of the molecule is CCN(CC(=O)O)Cc1nnc(-c2ccco2)o1. The summed E-state index contributed by atoms with van der Waals surface area (Å²) < 4.78 is 10.5. The molecule has 0 aliphatic rings. The molecule has 0 unspecified atom stereocenters. The van der Waals surface area contributed by atoms with Gasteiger partial charge in [-0.3, -0.25) is 9.69 Å². The van der Waals surface area contributed by atoms with Gasteiger partial charge in [-0.1, -0.05) is 6.92 Å². The number of carboxylic acid groups (broad SMARTS) is 1. The summed E-state index contributed by atoms with van der Waals surface area (Å²) in [5, 5.41) is 16.4. The van der Waals surface area contributed by atoms with Gasteiger partial charge in [0.15, 0.2) is 5.76 Å². The molecule has 0 saturated heterocycles. The second-order valence-electron chi connectivity index (χ2n) is 3.68. The lowest BCUT2D eigenvalue weighted by Gasteiger charge is -2.14. The molecule has 0 aliphatic heterocycles. The molecule has 2 rings (SSSR count). The average molecular weight is 251 g/mol. The van der Waals surface area contributed by atoms with E-state index in [-0.39, 0.29) is 6.54 Å². The maximum atomic E-state index is 10.6. The number of likely N-dealkylation sites (N-methyl/N-ethyl adjacent to an activating group) is 1. The molecule has 0 atom stereocenters. The van der Waals surface area contributed by atoms with Crippen molar-refractivity contribution in [2.45, 2.75) is 13.5 Å². The molecule has 0 aromatic carbocycles. The topological polar surface area (TPSA) is 92.6 Å². The van der Waals surface area contributed by atoms with E-state index in [1.165, 1.54) is 6.26 Å². The van der Waals surface area contributed by atoms with Crippen molar-refractivity contribution in [1.82, 2.24) is 15.1 Å². The first kappa shape index (κ1) is 12.3. The maximum absolute atomic E-state index is 10.6. The van der Waals surface area contributed by atoms with E-state index in [4.69, 9.17) is 13.9 Å². The first-order valence-corrected chi connectivity index (χ1v) is 5.49. The third-order valence-corrected chi connectivity index (χ3v) is 2.36. The number of hydrogen-bond acceptors (Lipinski definition) is 6. The summed E-state index contributed by atoms with van der Waals surface area (Å²) >= 11 is 0. The monoisotopic (exact) mass is 251 g/mol. The summed E-state index contributed by atoms with van der Waals surface area (Å²) in [5.74, 6) is 0.267. The van der Waals surface area contributed by atoms with E-state index in [2.05, 4.69) is 10.2 Å². The standard InChI is InChI=1S/C11H13N3O4/c1-2-14(7-10(15)16)6-9-12-13-11(18-9)8-4-3-5-17-8/h3-5H,2,6-7H2,1H3,(H,15,16). The van der Waals surface area contributed by atoms with E-state index >= 15 is 0 Å². The Bertz CT molecular complexity index is 506. The Labute approximate surface area is 103 Å². The summed E-state index contributed by atoms with van der Waals surface area (Å²) in [6, 6.07) is 3.44. The van der Waals surface area contributed by atoms with Gasteiger partial charge in [0.2, 0.25) is 5.89 Å². The highest BCUT2D eigenvalue weighted by atomic mass is 16.4. The summed E-state index contributed by atoms with van der Waals surface area (Å²) in [5.41, 5.74) is 0. The molecule has 0 aliphatic carbocycles. The molecule has 0 bridgehead atoms. The summed E-state index contributed by atoms with van der Waals surface area (Å²) in [6.07, 6.45) is 1.52. The summed E-state index contributed by atoms with van der Waals surface area (Å²) in [6.45, 7) is 2.70. The molecule has 1 N–H and O–H groups in total. The lowest BCUT2D eigenvalue weighted by atomic mass is 10.4. The Kier molecular flexibility index (Phi) is 3.73. The van der Waals surface area contributed by atoms with E-state index in [9.17, 15) is 4.79 Å². The van der Waals surface area contributed by atoms with Crippen LogP contribution in [0, 0.1) is 0 Å². The van der Waals surface area contributed by atoms with Crippen LogP contribution in [-0.4, -0.2) is 39.3 Å². The van der Waals surface area contributed by atoms with E-state index in [0.717, 1.165) is 0 Å². The second-order valence-corrected chi connectivity index (χ2v) is 3.68. The molecule has 2 aromatic heterocycles. The van der Waals surface area contributed by atoms with Gasteiger partial charge < -0.3 is 13.9 Å². The highest BCUT2D eigenvalue weighted by Gasteiger charge is 2.14. The van der Waals surface area contributed by atoms with Crippen molar-refractivity contribution in [2.75, 3.05) is 13.1 Å². The fraction of sp³-hybridized carbons (Fsp3) is 0.364. The first-order chi connectivity index (χ1) is 8.69. The van der Waals surface area contributed by atoms with E-state index in [1.807, 2.05) is 6.92 Å². The van der Waals surface area contributed by atoms with Gasteiger partial charge in [0.05, 0.1) is 19.4 Å². The number of aliphatic carboxylic acids is 1. The molecule has 0 amide bonds. The molecule has 96 valence electrons. The molecule has 0 radical (unpaired) electrons. The molecular formula is C11H13N3O4. The Morgan fingerprint density at radius 2 is 2.33 bits per heavy atom. The van der Waals surface area contributed by atoms with Crippen LogP contribution in [0.3, 0.4) is 0 Å². The third kappa shape index (κ3) is 2.95. The van der Waals surface area contributed by atoms with Gasteiger partial charge in [-0.15, -0.1) is 10.2 Å². The van der Waals surface area contributed by atoms with Gasteiger partial charge >= 0.3 is 5.97 Å². The molecule has 2 aromatic rings. The average Bonchev–Trinajstić information content (AvgIpc) is 2.97. The fourth-order valence-corrected chi connectivity index (χ4v) is 1.48. The Hall–Kier alpha value is -2.15. The van der Waals surface area contributed by atoms with Gasteiger partial charge in [-0.2, -0.15) is 0 Å². The maximum Gasteiger partial charge on any atom is 0.317 e. The van der Waals surface area contributed by atoms with Crippen LogP contribution in [-0.2, 0) is 11.3 Å². The van der Waals surface area contributed by atoms with Gasteiger partial charge in [0.1, 0.15) is 0 Å². The lowest BCUT2D eigenvalue weighted by molar-refractivity contribution is -0.138. The van der Waals surface area contributed by atoms with Crippen LogP contribution in [0.25, 0.3) is 11.7 Å². The number of aromatic nitrogens is 2. The zero-order valence-corrected chi connectivity index (χ0v) is 9.87. The molecular weight excluding hydrogens is 238 g/mol. The third-order valence-electron chi connectivity index (χ3n) is 2.36. The number of rotatable bonds is 6. The molecule has 7 nitrogen and oxygen atoms in total. The quantitative estimate of drug-likeness (QED) is 0.825. The number of carboxylic acids is 1. The normalized spacial score (nSPS) is 11.0. The van der Waals surface area contributed by atoms with E-state index < -0.39 is 5.97 Å². The Balaban J connectivity index is 2.04. The van der Waals surface area contributed by atoms with Crippen molar-refractivity contribution in [3.8, 4) is 11.7 Å². The van der Waals surface area contributed by atoms with Crippen molar-refractivity contribution in [3.05, 3.63) is 24.3 Å². The number of hydrogen-bond donors (Lipinski definition) is 1. The van der Waals surface area contributed by atoms with Crippen molar-refractivity contribution in [3.63, 3.8) is 0 Å². The first-order valence-electron chi connectivity index (χ1n) is 5.49. The predicted molar refractivity (Wildman–Crippen MR) is 60.6 cm³/mol. The molecule has 2 heterocycles. The number of furan rings is 1. The zero-order valence-electron chi connectivity index (χ0n) is 9.87. The molecule has 0 fully saturated rings. The minimum absolute atomic E-state index is 0.0606. The highest BCUT2D eigenvalue weighted by molar-refractivity contribution is 5.69. The van der Waals surface area contributed by atoms with Gasteiger partial charge in [0.25, 0.3) is 5.89 Å². The van der Waals surface area contributed by atoms with Crippen molar-refractivity contribution in [2.24, 2.45) is 0 Å². The predicted octanol–water partition coefficient (Wildman–Crippen LogP) is 1.24. The minimum atomic E-state index is -0.886. The molecule has 0 saturated carbocycles. The number of carbonyl (C=O) groups is 1. The smallest absolute Gasteiger partial charge is 0.317 e. The molecule has 7 heteroatoms. The van der Waals surface area contributed by atoms with Gasteiger partial charge in [-0.05, 0) is 18.7 Å².